The highest BCUT2D eigenvalue weighted by Crippen LogP contribution is 2.23. The van der Waals surface area contributed by atoms with Gasteiger partial charge in [0.25, 0.3) is 0 Å². The maximum atomic E-state index is 4.65. The second-order valence-electron chi connectivity index (χ2n) is 6.48. The zero-order valence-electron chi connectivity index (χ0n) is 14.8. The molecule has 0 N–H and O–H groups in total. The maximum Gasteiger partial charge on any atom is 0.227 e. The molecule has 128 valence electrons. The lowest BCUT2D eigenvalue weighted by molar-refractivity contribution is 0.480. The van der Waals surface area contributed by atoms with Crippen LogP contribution in [0.4, 0.5) is 17.6 Å². The van der Waals surface area contributed by atoms with Gasteiger partial charge >= 0.3 is 0 Å². The summed E-state index contributed by atoms with van der Waals surface area (Å²) in [5, 5.41) is 0. The first-order chi connectivity index (χ1) is 11.5. The predicted molar refractivity (Wildman–Crippen MR) is 96.8 cm³/mol. The summed E-state index contributed by atoms with van der Waals surface area (Å²) in [6.45, 7) is 3.90. The molecule has 0 radical (unpaired) electrons. The SMILES string of the molecule is Cc1cncc(N2CCCC(N(C)c3nccc(N(C)C)n3)C2)n1. The van der Waals surface area contributed by atoms with E-state index in [2.05, 4.69) is 36.8 Å². The Morgan fingerprint density at radius 2 is 2.00 bits per heavy atom. The molecule has 1 fully saturated rings. The number of nitrogens with zero attached hydrogens (tertiary/aromatic N) is 7. The summed E-state index contributed by atoms with van der Waals surface area (Å²) in [4.78, 5) is 24.5. The number of rotatable bonds is 4. The standard InChI is InChI=1S/C17H25N7/c1-13-10-18-11-16(20-13)24-9-5-6-14(12-24)23(4)17-19-8-7-15(21-17)22(2)3/h7-8,10-11,14H,5-6,9,12H2,1-4H3. The highest BCUT2D eigenvalue weighted by Gasteiger charge is 2.26. The van der Waals surface area contributed by atoms with Crippen molar-refractivity contribution in [2.24, 2.45) is 0 Å². The molecule has 0 amide bonds. The molecule has 1 aliphatic rings. The minimum atomic E-state index is 0.360. The summed E-state index contributed by atoms with van der Waals surface area (Å²) in [5.74, 6) is 2.64. The molecular weight excluding hydrogens is 302 g/mol. The van der Waals surface area contributed by atoms with Crippen molar-refractivity contribution in [3.05, 3.63) is 30.4 Å². The third-order valence-electron chi connectivity index (χ3n) is 4.41. The number of aryl methyl sites for hydroxylation is 1. The van der Waals surface area contributed by atoms with Gasteiger partial charge in [0.1, 0.15) is 11.6 Å². The Balaban J connectivity index is 1.75. The summed E-state index contributed by atoms with van der Waals surface area (Å²) in [6.07, 6.45) is 7.71. The van der Waals surface area contributed by atoms with Crippen molar-refractivity contribution in [3.63, 3.8) is 0 Å². The Morgan fingerprint density at radius 3 is 2.75 bits per heavy atom. The van der Waals surface area contributed by atoms with E-state index in [1.807, 2.05) is 44.4 Å². The number of anilines is 3. The molecule has 7 nitrogen and oxygen atoms in total. The zero-order valence-corrected chi connectivity index (χ0v) is 14.8. The van der Waals surface area contributed by atoms with Gasteiger partial charge in [-0.2, -0.15) is 4.98 Å². The largest absolute Gasteiger partial charge is 0.363 e. The van der Waals surface area contributed by atoms with Gasteiger partial charge in [-0.25, -0.2) is 9.97 Å². The number of hydrogen-bond acceptors (Lipinski definition) is 7. The van der Waals surface area contributed by atoms with Crippen molar-refractivity contribution in [2.75, 3.05) is 48.9 Å². The van der Waals surface area contributed by atoms with Crippen molar-refractivity contribution in [2.45, 2.75) is 25.8 Å². The minimum Gasteiger partial charge on any atom is -0.363 e. The van der Waals surface area contributed by atoms with E-state index in [-0.39, 0.29) is 0 Å². The van der Waals surface area contributed by atoms with E-state index in [9.17, 15) is 0 Å². The van der Waals surface area contributed by atoms with Crippen LogP contribution in [0.25, 0.3) is 0 Å². The summed E-state index contributed by atoms with van der Waals surface area (Å²) in [6, 6.07) is 2.28. The summed E-state index contributed by atoms with van der Waals surface area (Å²) < 4.78 is 0. The molecule has 0 bridgehead atoms. The molecule has 7 heteroatoms. The molecule has 1 aliphatic heterocycles. The van der Waals surface area contributed by atoms with Crippen LogP contribution in [0.1, 0.15) is 18.5 Å². The van der Waals surface area contributed by atoms with Gasteiger partial charge in [0.05, 0.1) is 11.9 Å². The highest BCUT2D eigenvalue weighted by atomic mass is 15.3. The zero-order chi connectivity index (χ0) is 17.1. The van der Waals surface area contributed by atoms with E-state index in [0.717, 1.165) is 49.2 Å². The monoisotopic (exact) mass is 327 g/mol. The Hall–Kier alpha value is -2.44. The molecule has 1 unspecified atom stereocenters. The molecule has 0 saturated carbocycles. The fourth-order valence-corrected chi connectivity index (χ4v) is 3.00. The van der Waals surface area contributed by atoms with E-state index in [0.29, 0.717) is 6.04 Å². The van der Waals surface area contributed by atoms with Crippen LogP contribution in [-0.2, 0) is 0 Å². The van der Waals surface area contributed by atoms with Crippen LogP contribution in [0.15, 0.2) is 24.7 Å². The van der Waals surface area contributed by atoms with Crippen LogP contribution >= 0.6 is 0 Å². The van der Waals surface area contributed by atoms with Crippen molar-refractivity contribution in [1.82, 2.24) is 19.9 Å². The summed E-state index contributed by atoms with van der Waals surface area (Å²) in [7, 11) is 6.06. The van der Waals surface area contributed by atoms with Gasteiger partial charge in [-0.05, 0) is 25.8 Å². The van der Waals surface area contributed by atoms with E-state index >= 15 is 0 Å². The number of hydrogen-bond donors (Lipinski definition) is 0. The van der Waals surface area contributed by atoms with Crippen LogP contribution in [-0.4, -0.2) is 60.2 Å². The quantitative estimate of drug-likeness (QED) is 0.847. The van der Waals surface area contributed by atoms with E-state index in [1.54, 1.807) is 6.20 Å². The second-order valence-corrected chi connectivity index (χ2v) is 6.48. The van der Waals surface area contributed by atoms with Crippen LogP contribution in [0, 0.1) is 6.92 Å². The van der Waals surface area contributed by atoms with Crippen LogP contribution in [0.2, 0.25) is 0 Å². The normalized spacial score (nSPS) is 17.7. The lowest BCUT2D eigenvalue weighted by Crippen LogP contribution is -2.47. The van der Waals surface area contributed by atoms with Gasteiger partial charge in [-0.15, -0.1) is 0 Å². The van der Waals surface area contributed by atoms with Crippen LogP contribution < -0.4 is 14.7 Å². The van der Waals surface area contributed by atoms with Crippen LogP contribution in [0.5, 0.6) is 0 Å². The van der Waals surface area contributed by atoms with Crippen molar-refractivity contribution in [3.8, 4) is 0 Å². The summed E-state index contributed by atoms with van der Waals surface area (Å²) >= 11 is 0. The van der Waals surface area contributed by atoms with Gasteiger partial charge in [0, 0.05) is 52.7 Å². The Kier molecular flexibility index (Phi) is 4.78. The smallest absolute Gasteiger partial charge is 0.227 e. The third kappa shape index (κ3) is 3.55. The fourth-order valence-electron chi connectivity index (χ4n) is 3.00. The first-order valence-electron chi connectivity index (χ1n) is 8.31. The van der Waals surface area contributed by atoms with Gasteiger partial charge in [-0.1, -0.05) is 0 Å². The molecule has 2 aromatic heterocycles. The molecule has 1 saturated heterocycles. The average Bonchev–Trinajstić information content (AvgIpc) is 2.61. The first kappa shape index (κ1) is 16.4. The van der Waals surface area contributed by atoms with Crippen molar-refractivity contribution >= 4 is 17.6 Å². The molecule has 1 atom stereocenters. The maximum absolute atomic E-state index is 4.65. The molecule has 3 rings (SSSR count). The van der Waals surface area contributed by atoms with Gasteiger partial charge in [0.2, 0.25) is 5.95 Å². The molecule has 3 heterocycles. The minimum absolute atomic E-state index is 0.360. The van der Waals surface area contributed by atoms with E-state index in [4.69, 9.17) is 0 Å². The topological polar surface area (TPSA) is 61.3 Å². The van der Waals surface area contributed by atoms with Crippen molar-refractivity contribution < 1.29 is 0 Å². The highest BCUT2D eigenvalue weighted by molar-refractivity contribution is 5.44. The molecule has 2 aromatic rings. The lowest BCUT2D eigenvalue weighted by atomic mass is 10.0. The van der Waals surface area contributed by atoms with E-state index in [1.165, 1.54) is 0 Å². The molecule has 0 aromatic carbocycles. The van der Waals surface area contributed by atoms with Crippen molar-refractivity contribution in [1.29, 1.82) is 0 Å². The van der Waals surface area contributed by atoms with Gasteiger partial charge in [0.15, 0.2) is 0 Å². The number of likely N-dealkylation sites (N-methyl/N-ethyl adjacent to an activating group) is 1. The fraction of sp³-hybridized carbons (Fsp3) is 0.529. The third-order valence-corrected chi connectivity index (χ3v) is 4.41. The average molecular weight is 327 g/mol. The molecule has 0 spiro atoms. The van der Waals surface area contributed by atoms with Gasteiger partial charge in [-0.3, -0.25) is 4.98 Å². The Morgan fingerprint density at radius 1 is 1.17 bits per heavy atom. The first-order valence-corrected chi connectivity index (χ1v) is 8.31. The molecule has 24 heavy (non-hydrogen) atoms. The molecule has 0 aliphatic carbocycles. The second kappa shape index (κ2) is 6.98. The lowest BCUT2D eigenvalue weighted by Gasteiger charge is -2.38. The molecular formula is C17H25N7. The summed E-state index contributed by atoms with van der Waals surface area (Å²) in [5.41, 5.74) is 0.949. The van der Waals surface area contributed by atoms with Gasteiger partial charge < -0.3 is 14.7 Å². The van der Waals surface area contributed by atoms with E-state index < -0.39 is 0 Å². The number of aromatic nitrogens is 4. The Labute approximate surface area is 143 Å². The number of piperidine rings is 1. The Bertz CT molecular complexity index is 688. The predicted octanol–water partition coefficient (Wildman–Crippen LogP) is 1.75. The van der Waals surface area contributed by atoms with Crippen LogP contribution in [0.3, 0.4) is 0 Å².